The van der Waals surface area contributed by atoms with Gasteiger partial charge in [-0.15, -0.1) is 0 Å². The highest BCUT2D eigenvalue weighted by molar-refractivity contribution is 7.92. The Hall–Kier alpha value is -3.20. The Labute approximate surface area is 177 Å². The van der Waals surface area contributed by atoms with E-state index < -0.39 is 28.7 Å². The van der Waals surface area contributed by atoms with E-state index in [1.54, 1.807) is 13.0 Å². The monoisotopic (exact) mass is 437 g/mol. The van der Waals surface area contributed by atoms with E-state index in [0.717, 1.165) is 12.1 Å². The van der Waals surface area contributed by atoms with Crippen molar-refractivity contribution in [3.05, 3.63) is 65.9 Å². The minimum absolute atomic E-state index is 0.102. The van der Waals surface area contributed by atoms with Crippen LogP contribution in [0.2, 0.25) is 0 Å². The zero-order chi connectivity index (χ0) is 24.4. The molecule has 0 unspecified atom stereocenters. The summed E-state index contributed by atoms with van der Waals surface area (Å²) >= 11 is 0. The summed E-state index contributed by atoms with van der Waals surface area (Å²) in [6, 6.07) is 10.0. The smallest absolute Gasteiger partial charge is 0.232 e. The van der Waals surface area contributed by atoms with Crippen molar-refractivity contribution in [2.45, 2.75) is 13.8 Å². The molecule has 0 fully saturated rings. The van der Waals surface area contributed by atoms with Crippen molar-refractivity contribution in [1.29, 1.82) is 0 Å². The number of hydrogen-bond acceptors (Lipinski definition) is 5. The van der Waals surface area contributed by atoms with Crippen LogP contribution >= 0.6 is 0 Å². The van der Waals surface area contributed by atoms with Gasteiger partial charge in [0.2, 0.25) is 15.9 Å². The zero-order valence-corrected chi connectivity index (χ0v) is 16.9. The SMILES string of the molecule is [2H]C([2H])([2H])Oc1cc(-c2cc(NS(=O)(=O)CC)ccc2Oc2ccc(F)cc2F)cc(C)n1. The molecule has 0 aliphatic carbocycles. The third-order valence-electron chi connectivity index (χ3n) is 4.09. The molecule has 9 heteroatoms. The number of sulfonamides is 1. The summed E-state index contributed by atoms with van der Waals surface area (Å²) in [5.74, 6) is -2.22. The number of aryl methyl sites for hydroxylation is 1. The highest BCUT2D eigenvalue weighted by Gasteiger charge is 2.15. The second kappa shape index (κ2) is 8.66. The van der Waals surface area contributed by atoms with Crippen LogP contribution in [0.1, 0.15) is 16.7 Å². The van der Waals surface area contributed by atoms with Gasteiger partial charge in [0.05, 0.1) is 16.9 Å². The van der Waals surface area contributed by atoms with Gasteiger partial charge in [0.25, 0.3) is 0 Å². The van der Waals surface area contributed by atoms with E-state index in [4.69, 9.17) is 13.6 Å². The van der Waals surface area contributed by atoms with Gasteiger partial charge in [-0.05, 0) is 55.8 Å². The van der Waals surface area contributed by atoms with Crippen molar-refractivity contribution in [2.75, 3.05) is 17.5 Å². The lowest BCUT2D eigenvalue weighted by atomic mass is 10.0. The third kappa shape index (κ3) is 5.04. The minimum Gasteiger partial charge on any atom is -0.481 e. The number of nitrogens with zero attached hydrogens (tertiary/aromatic N) is 1. The number of halogens is 2. The van der Waals surface area contributed by atoms with Crippen molar-refractivity contribution >= 4 is 15.7 Å². The number of hydrogen-bond donors (Lipinski definition) is 1. The van der Waals surface area contributed by atoms with Gasteiger partial charge in [-0.3, -0.25) is 4.72 Å². The summed E-state index contributed by atoms with van der Waals surface area (Å²) in [5.41, 5.74) is 1.27. The first-order chi connectivity index (χ1) is 15.3. The van der Waals surface area contributed by atoms with E-state index >= 15 is 0 Å². The number of benzene rings is 2. The molecule has 0 amide bonds. The van der Waals surface area contributed by atoms with Gasteiger partial charge in [0, 0.05) is 29.1 Å². The summed E-state index contributed by atoms with van der Waals surface area (Å²) in [6.45, 7) is 3.09. The fraction of sp³-hybridized carbons (Fsp3) is 0.190. The normalized spacial score (nSPS) is 13.1. The van der Waals surface area contributed by atoms with Gasteiger partial charge in [-0.1, -0.05) is 0 Å². The molecule has 0 radical (unpaired) electrons. The maximum absolute atomic E-state index is 14.2. The van der Waals surface area contributed by atoms with Crippen LogP contribution in [0.5, 0.6) is 17.4 Å². The number of ether oxygens (including phenoxy) is 2. The van der Waals surface area contributed by atoms with Gasteiger partial charge in [-0.2, -0.15) is 0 Å². The summed E-state index contributed by atoms with van der Waals surface area (Å²) < 4.78 is 86.3. The molecular formula is C21H20F2N2O4S. The highest BCUT2D eigenvalue weighted by Crippen LogP contribution is 2.38. The van der Waals surface area contributed by atoms with Crippen molar-refractivity contribution in [1.82, 2.24) is 4.98 Å². The fourth-order valence-corrected chi connectivity index (χ4v) is 3.31. The molecule has 3 rings (SSSR count). The van der Waals surface area contributed by atoms with Crippen LogP contribution in [0, 0.1) is 18.6 Å². The molecule has 2 aromatic carbocycles. The highest BCUT2D eigenvalue weighted by atomic mass is 32.2. The Morgan fingerprint density at radius 1 is 1.10 bits per heavy atom. The van der Waals surface area contributed by atoms with E-state index in [-0.39, 0.29) is 34.4 Å². The molecule has 158 valence electrons. The maximum atomic E-state index is 14.2. The fourth-order valence-electron chi connectivity index (χ4n) is 2.68. The number of methoxy groups -OCH3 is 1. The first kappa shape index (κ1) is 17.6. The maximum Gasteiger partial charge on any atom is 0.232 e. The Morgan fingerprint density at radius 3 is 2.57 bits per heavy atom. The molecule has 30 heavy (non-hydrogen) atoms. The van der Waals surface area contributed by atoms with Gasteiger partial charge in [0.1, 0.15) is 11.6 Å². The molecule has 1 aromatic heterocycles. The minimum atomic E-state index is -3.60. The van der Waals surface area contributed by atoms with E-state index in [1.807, 2.05) is 0 Å². The van der Waals surface area contributed by atoms with Crippen molar-refractivity contribution in [3.63, 3.8) is 0 Å². The van der Waals surface area contributed by atoms with E-state index in [0.29, 0.717) is 17.3 Å². The van der Waals surface area contributed by atoms with E-state index in [1.165, 1.54) is 31.2 Å². The first-order valence-electron chi connectivity index (χ1n) is 10.3. The van der Waals surface area contributed by atoms with Crippen molar-refractivity contribution in [2.24, 2.45) is 0 Å². The van der Waals surface area contributed by atoms with Crippen molar-refractivity contribution < 1.29 is 30.8 Å². The molecule has 0 bridgehead atoms. The van der Waals surface area contributed by atoms with Crippen LogP contribution in [0.25, 0.3) is 11.1 Å². The molecular weight excluding hydrogens is 414 g/mol. The third-order valence-corrected chi connectivity index (χ3v) is 5.40. The van der Waals surface area contributed by atoms with Crippen LogP contribution in [-0.2, 0) is 10.0 Å². The number of anilines is 1. The molecule has 0 aliphatic heterocycles. The second-order valence-electron chi connectivity index (χ2n) is 6.33. The summed E-state index contributed by atoms with van der Waals surface area (Å²) in [7, 11) is -6.34. The number of rotatable bonds is 7. The van der Waals surface area contributed by atoms with E-state index in [9.17, 15) is 17.2 Å². The second-order valence-corrected chi connectivity index (χ2v) is 8.34. The standard InChI is InChI=1S/C21H20F2N2O4S/c1-4-30(26,27)25-16-6-8-19(29-20-7-5-15(22)11-18(20)23)17(12-16)14-9-13(2)24-21(10-14)28-3/h5-12,25H,4H2,1-3H3/i3D3. The van der Waals surface area contributed by atoms with Gasteiger partial charge in [-0.25, -0.2) is 22.2 Å². The van der Waals surface area contributed by atoms with Crippen molar-refractivity contribution in [3.8, 4) is 28.5 Å². The Kier molecular flexibility index (Phi) is 5.09. The van der Waals surface area contributed by atoms with Gasteiger partial charge in [0.15, 0.2) is 11.6 Å². The Bertz CT molecular complexity index is 1280. The van der Waals surface area contributed by atoms with Crippen LogP contribution < -0.4 is 14.2 Å². The van der Waals surface area contributed by atoms with Gasteiger partial charge >= 0.3 is 0 Å². The molecule has 3 aromatic rings. The molecule has 0 saturated heterocycles. The van der Waals surface area contributed by atoms with Crippen LogP contribution in [0.4, 0.5) is 14.5 Å². The molecule has 1 N–H and O–H groups in total. The predicted octanol–water partition coefficient (Wildman–Crippen LogP) is 4.90. The molecule has 6 nitrogen and oxygen atoms in total. The lowest BCUT2D eigenvalue weighted by Gasteiger charge is -2.15. The van der Waals surface area contributed by atoms with E-state index in [2.05, 4.69) is 9.71 Å². The van der Waals surface area contributed by atoms with Crippen LogP contribution in [0.15, 0.2) is 48.5 Å². The number of nitrogens with one attached hydrogen (secondary N) is 1. The summed E-state index contributed by atoms with van der Waals surface area (Å²) in [6.07, 6.45) is 0. The largest absolute Gasteiger partial charge is 0.481 e. The molecule has 0 atom stereocenters. The summed E-state index contributed by atoms with van der Waals surface area (Å²) in [5, 5.41) is 0. The number of pyridine rings is 1. The predicted molar refractivity (Wildman–Crippen MR) is 110 cm³/mol. The molecule has 0 saturated carbocycles. The lowest BCUT2D eigenvalue weighted by Crippen LogP contribution is -2.14. The van der Waals surface area contributed by atoms with Crippen LogP contribution in [0.3, 0.4) is 0 Å². The number of aromatic nitrogens is 1. The zero-order valence-electron chi connectivity index (χ0n) is 19.1. The Morgan fingerprint density at radius 2 is 1.87 bits per heavy atom. The average Bonchev–Trinajstić information content (AvgIpc) is 2.69. The topological polar surface area (TPSA) is 77.5 Å². The summed E-state index contributed by atoms with van der Waals surface area (Å²) in [4.78, 5) is 4.04. The van der Waals surface area contributed by atoms with Crippen LogP contribution in [-0.4, -0.2) is 26.2 Å². The first-order valence-corrected chi connectivity index (χ1v) is 10.5. The average molecular weight is 437 g/mol. The molecule has 1 heterocycles. The molecule has 0 spiro atoms. The quantitative estimate of drug-likeness (QED) is 0.569. The van der Waals surface area contributed by atoms with Gasteiger partial charge < -0.3 is 9.47 Å². The molecule has 0 aliphatic rings. The Balaban J connectivity index is 2.13. The lowest BCUT2D eigenvalue weighted by molar-refractivity contribution is 0.397.